The molecule has 30 heavy (non-hydrogen) atoms. The molecule has 148 valence electrons. The fourth-order valence-corrected chi connectivity index (χ4v) is 5.55. The number of aryl methyl sites for hydroxylation is 2. The van der Waals surface area contributed by atoms with Gasteiger partial charge in [0.2, 0.25) is 0 Å². The molecule has 0 fully saturated rings. The summed E-state index contributed by atoms with van der Waals surface area (Å²) in [5, 5.41) is 10.1. The highest BCUT2D eigenvalue weighted by Crippen LogP contribution is 2.34. The third-order valence-electron chi connectivity index (χ3n) is 5.76. The maximum Gasteiger partial charge on any atom is 0.262 e. The summed E-state index contributed by atoms with van der Waals surface area (Å²) in [6, 6.07) is 19.8. The first-order valence-corrected chi connectivity index (χ1v) is 11.1. The lowest BCUT2D eigenvalue weighted by Crippen LogP contribution is -2.26. The van der Waals surface area contributed by atoms with Crippen LogP contribution in [-0.4, -0.2) is 9.55 Å². The number of hydrogen-bond donors (Lipinski definition) is 0. The van der Waals surface area contributed by atoms with E-state index in [-0.39, 0.29) is 5.56 Å². The summed E-state index contributed by atoms with van der Waals surface area (Å²) in [4.78, 5) is 20.9. The number of nitrogens with zero attached hydrogens (tertiary/aromatic N) is 3. The molecule has 2 heterocycles. The van der Waals surface area contributed by atoms with Gasteiger partial charge in [0.05, 0.1) is 23.6 Å². The first-order valence-electron chi connectivity index (χ1n) is 10.3. The Morgan fingerprint density at radius 3 is 2.67 bits per heavy atom. The Hall–Kier alpha value is -3.23. The van der Waals surface area contributed by atoms with Crippen LogP contribution in [0.2, 0.25) is 0 Å². The monoisotopic (exact) mass is 411 g/mol. The van der Waals surface area contributed by atoms with Crippen LogP contribution in [0.5, 0.6) is 0 Å². The molecular formula is C25H21N3OS. The molecule has 0 N–H and O–H groups in total. The molecule has 1 aliphatic rings. The van der Waals surface area contributed by atoms with Gasteiger partial charge in [0, 0.05) is 11.3 Å². The van der Waals surface area contributed by atoms with E-state index in [1.165, 1.54) is 16.9 Å². The van der Waals surface area contributed by atoms with Gasteiger partial charge in [-0.2, -0.15) is 5.26 Å². The molecule has 0 radical (unpaired) electrons. The number of rotatable bonds is 4. The molecule has 0 saturated carbocycles. The zero-order valence-electron chi connectivity index (χ0n) is 16.6. The van der Waals surface area contributed by atoms with Crippen LogP contribution in [0.1, 0.15) is 45.8 Å². The number of nitriles is 1. The molecule has 4 nitrogen and oxygen atoms in total. The van der Waals surface area contributed by atoms with Gasteiger partial charge in [0.25, 0.3) is 5.56 Å². The minimum Gasteiger partial charge on any atom is -0.291 e. The maximum absolute atomic E-state index is 13.7. The number of thiophene rings is 1. The molecule has 5 rings (SSSR count). The van der Waals surface area contributed by atoms with Crippen molar-refractivity contribution >= 4 is 21.6 Å². The minimum atomic E-state index is 0.0488. The molecule has 0 spiro atoms. The molecule has 0 unspecified atom stereocenters. The Bertz CT molecular complexity index is 1330. The van der Waals surface area contributed by atoms with Crippen molar-refractivity contribution in [3.63, 3.8) is 0 Å². The van der Waals surface area contributed by atoms with Crippen LogP contribution in [-0.2, 0) is 25.8 Å². The number of hydrogen-bond acceptors (Lipinski definition) is 4. The molecule has 0 aliphatic heterocycles. The van der Waals surface area contributed by atoms with E-state index in [1.807, 2.05) is 41.0 Å². The zero-order valence-corrected chi connectivity index (χ0v) is 17.4. The maximum atomic E-state index is 13.7. The Morgan fingerprint density at radius 1 is 1.03 bits per heavy atom. The molecule has 4 aromatic rings. The average molecular weight is 412 g/mol. The van der Waals surface area contributed by atoms with Crippen molar-refractivity contribution in [2.75, 3.05) is 0 Å². The van der Waals surface area contributed by atoms with Crippen molar-refractivity contribution in [3.8, 4) is 6.07 Å². The lowest BCUT2D eigenvalue weighted by atomic mass is 9.97. The van der Waals surface area contributed by atoms with Crippen LogP contribution >= 0.6 is 11.3 Å². The van der Waals surface area contributed by atoms with Gasteiger partial charge < -0.3 is 0 Å². The lowest BCUT2D eigenvalue weighted by molar-refractivity contribution is 0.685. The molecule has 2 aromatic carbocycles. The Labute approximate surface area is 179 Å². The second-order valence-electron chi connectivity index (χ2n) is 7.78. The van der Waals surface area contributed by atoms with E-state index in [9.17, 15) is 10.1 Å². The fraction of sp³-hybridized carbons (Fsp3) is 0.240. The van der Waals surface area contributed by atoms with Crippen molar-refractivity contribution in [2.24, 2.45) is 0 Å². The normalized spacial score (nSPS) is 13.2. The van der Waals surface area contributed by atoms with E-state index in [0.717, 1.165) is 46.4 Å². The SMILES string of the molecule is N#Cc1cccc(Cn2c(Cc3ccccc3)nc3sc4c(c3c2=O)CCCC4)c1. The Morgan fingerprint density at radius 2 is 1.83 bits per heavy atom. The van der Waals surface area contributed by atoms with E-state index in [2.05, 4.69) is 18.2 Å². The molecule has 0 saturated heterocycles. The van der Waals surface area contributed by atoms with E-state index in [0.29, 0.717) is 18.5 Å². The summed E-state index contributed by atoms with van der Waals surface area (Å²) >= 11 is 1.69. The molecule has 1 aliphatic carbocycles. The van der Waals surface area contributed by atoms with Crippen molar-refractivity contribution in [1.29, 1.82) is 5.26 Å². The Balaban J connectivity index is 1.68. The summed E-state index contributed by atoms with van der Waals surface area (Å²) in [7, 11) is 0. The van der Waals surface area contributed by atoms with Gasteiger partial charge in [-0.3, -0.25) is 9.36 Å². The number of aromatic nitrogens is 2. The van der Waals surface area contributed by atoms with Gasteiger partial charge in [-0.1, -0.05) is 42.5 Å². The molecule has 2 aromatic heterocycles. The van der Waals surface area contributed by atoms with Crippen LogP contribution < -0.4 is 5.56 Å². The summed E-state index contributed by atoms with van der Waals surface area (Å²) in [6.07, 6.45) is 4.94. The molecule has 5 heteroatoms. The number of benzene rings is 2. The fourth-order valence-electron chi connectivity index (χ4n) is 4.28. The average Bonchev–Trinajstić information content (AvgIpc) is 3.15. The topological polar surface area (TPSA) is 58.7 Å². The van der Waals surface area contributed by atoms with E-state index in [1.54, 1.807) is 17.4 Å². The van der Waals surface area contributed by atoms with E-state index < -0.39 is 0 Å². The van der Waals surface area contributed by atoms with Crippen molar-refractivity contribution in [3.05, 3.63) is 97.9 Å². The van der Waals surface area contributed by atoms with Gasteiger partial charge in [-0.25, -0.2) is 4.98 Å². The van der Waals surface area contributed by atoms with Gasteiger partial charge in [-0.05, 0) is 54.5 Å². The molecule has 0 amide bonds. The van der Waals surface area contributed by atoms with Crippen LogP contribution in [0.4, 0.5) is 0 Å². The second kappa shape index (κ2) is 7.89. The third-order valence-corrected chi connectivity index (χ3v) is 6.94. The van der Waals surface area contributed by atoms with Gasteiger partial charge in [0.15, 0.2) is 0 Å². The van der Waals surface area contributed by atoms with Gasteiger partial charge in [0.1, 0.15) is 10.7 Å². The van der Waals surface area contributed by atoms with E-state index in [4.69, 9.17) is 4.98 Å². The third kappa shape index (κ3) is 3.44. The molecular weight excluding hydrogens is 390 g/mol. The standard InChI is InChI=1S/C25H21N3OS/c26-15-18-9-6-10-19(13-18)16-28-22(14-17-7-2-1-3-8-17)27-24-23(25(28)29)20-11-4-5-12-21(20)30-24/h1-3,6-10,13H,4-5,11-12,14,16H2. The van der Waals surface area contributed by atoms with Crippen molar-refractivity contribution < 1.29 is 0 Å². The van der Waals surface area contributed by atoms with Gasteiger partial charge >= 0.3 is 0 Å². The van der Waals surface area contributed by atoms with Gasteiger partial charge in [-0.15, -0.1) is 11.3 Å². The highest BCUT2D eigenvalue weighted by Gasteiger charge is 2.22. The molecule has 0 bridgehead atoms. The van der Waals surface area contributed by atoms with E-state index >= 15 is 0 Å². The van der Waals surface area contributed by atoms with Crippen LogP contribution in [0.15, 0.2) is 59.4 Å². The summed E-state index contributed by atoms with van der Waals surface area (Å²) in [5.74, 6) is 0.777. The van der Waals surface area contributed by atoms with Crippen molar-refractivity contribution in [2.45, 2.75) is 38.6 Å². The molecule has 0 atom stereocenters. The van der Waals surface area contributed by atoms with Crippen LogP contribution in [0, 0.1) is 11.3 Å². The zero-order chi connectivity index (χ0) is 20.5. The summed E-state index contributed by atoms with van der Waals surface area (Å²) in [6.45, 7) is 0.421. The second-order valence-corrected chi connectivity index (χ2v) is 8.87. The first-order chi connectivity index (χ1) is 14.7. The number of fused-ring (bicyclic) bond motifs is 3. The van der Waals surface area contributed by atoms with Crippen molar-refractivity contribution in [1.82, 2.24) is 9.55 Å². The van der Waals surface area contributed by atoms with Crippen LogP contribution in [0.3, 0.4) is 0 Å². The predicted octanol–water partition coefficient (Wildman–Crippen LogP) is 4.85. The smallest absolute Gasteiger partial charge is 0.262 e. The summed E-state index contributed by atoms with van der Waals surface area (Å²) in [5.41, 5.74) is 3.93. The largest absolute Gasteiger partial charge is 0.291 e. The minimum absolute atomic E-state index is 0.0488. The lowest BCUT2D eigenvalue weighted by Gasteiger charge is -2.14. The quantitative estimate of drug-likeness (QED) is 0.482. The Kier molecular flexibility index (Phi) is 4.94. The van der Waals surface area contributed by atoms with Crippen LogP contribution in [0.25, 0.3) is 10.2 Å². The predicted molar refractivity (Wildman–Crippen MR) is 120 cm³/mol. The highest BCUT2D eigenvalue weighted by atomic mass is 32.1. The first kappa shape index (κ1) is 18.8. The summed E-state index contributed by atoms with van der Waals surface area (Å²) < 4.78 is 1.81. The highest BCUT2D eigenvalue weighted by molar-refractivity contribution is 7.18.